The summed E-state index contributed by atoms with van der Waals surface area (Å²) in [5.41, 5.74) is 2.62. The molecule has 1 aromatic rings. The van der Waals surface area contributed by atoms with Gasteiger partial charge in [-0.2, -0.15) is 0 Å². The lowest BCUT2D eigenvalue weighted by Gasteiger charge is -2.25. The van der Waals surface area contributed by atoms with Gasteiger partial charge in [0.1, 0.15) is 4.60 Å². The van der Waals surface area contributed by atoms with Crippen LogP contribution in [0.3, 0.4) is 0 Å². The SMILES string of the molecule is COc1cc(C2=CC3CCNCC3C2)cnc1Br. The summed E-state index contributed by atoms with van der Waals surface area (Å²) in [6.07, 6.45) is 6.79. The third-order valence-electron chi connectivity index (χ3n) is 3.96. The highest BCUT2D eigenvalue weighted by atomic mass is 79.9. The van der Waals surface area contributed by atoms with Gasteiger partial charge in [-0.1, -0.05) is 6.08 Å². The van der Waals surface area contributed by atoms with Gasteiger partial charge in [0.2, 0.25) is 0 Å². The lowest BCUT2D eigenvalue weighted by molar-refractivity contribution is 0.324. The van der Waals surface area contributed by atoms with Gasteiger partial charge < -0.3 is 10.1 Å². The maximum absolute atomic E-state index is 5.31. The van der Waals surface area contributed by atoms with Gasteiger partial charge >= 0.3 is 0 Å². The molecule has 0 saturated carbocycles. The molecule has 3 nitrogen and oxygen atoms in total. The molecule has 1 aliphatic heterocycles. The zero-order chi connectivity index (χ0) is 12.5. The van der Waals surface area contributed by atoms with Crippen molar-refractivity contribution in [2.75, 3.05) is 20.2 Å². The van der Waals surface area contributed by atoms with Crippen LogP contribution in [0, 0.1) is 11.8 Å². The van der Waals surface area contributed by atoms with E-state index < -0.39 is 0 Å². The first-order valence-electron chi connectivity index (χ1n) is 6.39. The molecule has 1 N–H and O–H groups in total. The summed E-state index contributed by atoms with van der Waals surface area (Å²) < 4.78 is 6.08. The van der Waals surface area contributed by atoms with Gasteiger partial charge in [0.15, 0.2) is 5.75 Å². The molecule has 4 heteroatoms. The number of nitrogens with zero attached hydrogens (tertiary/aromatic N) is 1. The second kappa shape index (κ2) is 5.02. The van der Waals surface area contributed by atoms with Crippen molar-refractivity contribution in [3.8, 4) is 5.75 Å². The van der Waals surface area contributed by atoms with Crippen molar-refractivity contribution in [2.24, 2.45) is 11.8 Å². The fourth-order valence-corrected chi connectivity index (χ4v) is 3.33. The van der Waals surface area contributed by atoms with Crippen molar-refractivity contribution in [3.63, 3.8) is 0 Å². The monoisotopic (exact) mass is 308 g/mol. The molecule has 3 rings (SSSR count). The van der Waals surface area contributed by atoms with Crippen LogP contribution in [0.1, 0.15) is 18.4 Å². The highest BCUT2D eigenvalue weighted by Crippen LogP contribution is 2.40. The Hall–Kier alpha value is -0.870. The summed E-state index contributed by atoms with van der Waals surface area (Å²) in [4.78, 5) is 4.35. The first-order chi connectivity index (χ1) is 8.78. The topological polar surface area (TPSA) is 34.1 Å². The number of pyridine rings is 1. The second-order valence-corrected chi connectivity index (χ2v) is 5.78. The molecule has 2 unspecified atom stereocenters. The summed E-state index contributed by atoms with van der Waals surface area (Å²) in [6.45, 7) is 2.29. The van der Waals surface area contributed by atoms with Gasteiger partial charge in [-0.3, -0.25) is 0 Å². The number of ether oxygens (including phenoxy) is 1. The van der Waals surface area contributed by atoms with Crippen molar-refractivity contribution in [1.82, 2.24) is 10.3 Å². The number of hydrogen-bond acceptors (Lipinski definition) is 3. The Bertz CT molecular complexity index is 487. The van der Waals surface area contributed by atoms with Crippen molar-refractivity contribution in [1.29, 1.82) is 0 Å². The van der Waals surface area contributed by atoms with Gasteiger partial charge in [0, 0.05) is 6.20 Å². The van der Waals surface area contributed by atoms with Gasteiger partial charge in [-0.15, -0.1) is 0 Å². The minimum absolute atomic E-state index is 0.746. The highest BCUT2D eigenvalue weighted by molar-refractivity contribution is 9.10. The van der Waals surface area contributed by atoms with Crippen molar-refractivity contribution < 1.29 is 4.74 Å². The number of allylic oxidation sites excluding steroid dienone is 2. The Balaban J connectivity index is 1.87. The Labute approximate surface area is 116 Å². The predicted molar refractivity (Wildman–Crippen MR) is 75.5 cm³/mol. The van der Waals surface area contributed by atoms with E-state index in [9.17, 15) is 0 Å². The Morgan fingerprint density at radius 2 is 2.39 bits per heavy atom. The minimum atomic E-state index is 0.746. The third-order valence-corrected chi connectivity index (χ3v) is 4.56. The molecular weight excluding hydrogens is 292 g/mol. The maximum atomic E-state index is 5.31. The zero-order valence-corrected chi connectivity index (χ0v) is 12.0. The standard InChI is InChI=1S/C14H17BrN2O/c1-18-13-6-12(8-17-14(13)15)10-4-9-2-3-16-7-11(9)5-10/h4,6,8-9,11,16H,2-3,5,7H2,1H3. The molecule has 0 spiro atoms. The van der Waals surface area contributed by atoms with Gasteiger partial charge in [-0.05, 0) is 70.9 Å². The molecule has 0 aromatic carbocycles. The number of piperidine rings is 1. The van der Waals surface area contributed by atoms with Crippen LogP contribution in [0.2, 0.25) is 0 Å². The average molecular weight is 309 g/mol. The third kappa shape index (κ3) is 2.19. The van der Waals surface area contributed by atoms with E-state index in [1.54, 1.807) is 7.11 Å². The lowest BCUT2D eigenvalue weighted by atomic mass is 9.89. The first kappa shape index (κ1) is 12.2. The molecule has 2 heterocycles. The Morgan fingerprint density at radius 3 is 3.17 bits per heavy atom. The van der Waals surface area contributed by atoms with Crippen molar-refractivity contribution in [2.45, 2.75) is 12.8 Å². The van der Waals surface area contributed by atoms with E-state index in [2.05, 4.69) is 38.4 Å². The van der Waals surface area contributed by atoms with E-state index in [0.717, 1.165) is 41.7 Å². The van der Waals surface area contributed by atoms with Gasteiger partial charge in [-0.25, -0.2) is 4.98 Å². The van der Waals surface area contributed by atoms with E-state index in [-0.39, 0.29) is 0 Å². The number of nitrogens with one attached hydrogen (secondary N) is 1. The number of methoxy groups -OCH3 is 1. The molecule has 1 aromatic heterocycles. The molecule has 2 aliphatic rings. The van der Waals surface area contributed by atoms with Crippen molar-refractivity contribution >= 4 is 21.5 Å². The number of hydrogen-bond donors (Lipinski definition) is 1. The number of halogens is 1. The molecule has 0 amide bonds. The molecule has 96 valence electrons. The quantitative estimate of drug-likeness (QED) is 0.853. The summed E-state index contributed by atoms with van der Waals surface area (Å²) in [7, 11) is 1.68. The van der Waals surface area contributed by atoms with Crippen LogP contribution in [0.25, 0.3) is 5.57 Å². The first-order valence-corrected chi connectivity index (χ1v) is 7.18. The second-order valence-electron chi connectivity index (χ2n) is 5.03. The predicted octanol–water partition coefficient (Wildman–Crippen LogP) is 2.87. The smallest absolute Gasteiger partial charge is 0.152 e. The maximum Gasteiger partial charge on any atom is 0.152 e. The number of aromatic nitrogens is 1. The molecule has 0 radical (unpaired) electrons. The minimum Gasteiger partial charge on any atom is -0.494 e. The van der Waals surface area contributed by atoms with E-state index in [1.807, 2.05) is 6.20 Å². The molecule has 1 aliphatic carbocycles. The van der Waals surface area contributed by atoms with Gasteiger partial charge in [0.05, 0.1) is 7.11 Å². The molecule has 2 atom stereocenters. The van der Waals surface area contributed by atoms with Crippen LogP contribution in [0.15, 0.2) is 22.9 Å². The summed E-state index contributed by atoms with van der Waals surface area (Å²) in [5.74, 6) is 2.32. The lowest BCUT2D eigenvalue weighted by Crippen LogP contribution is -2.33. The van der Waals surface area contributed by atoms with Crippen LogP contribution >= 0.6 is 15.9 Å². The number of fused-ring (bicyclic) bond motifs is 1. The van der Waals surface area contributed by atoms with E-state index in [0.29, 0.717) is 0 Å². The van der Waals surface area contributed by atoms with Crippen LogP contribution in [0.4, 0.5) is 0 Å². The average Bonchev–Trinajstić information content (AvgIpc) is 2.83. The number of rotatable bonds is 2. The highest BCUT2D eigenvalue weighted by Gasteiger charge is 2.30. The zero-order valence-electron chi connectivity index (χ0n) is 10.4. The van der Waals surface area contributed by atoms with Crippen LogP contribution < -0.4 is 10.1 Å². The normalized spacial score (nSPS) is 26.7. The fraction of sp³-hybridized carbons (Fsp3) is 0.500. The molecule has 18 heavy (non-hydrogen) atoms. The van der Waals surface area contributed by atoms with E-state index in [4.69, 9.17) is 4.74 Å². The van der Waals surface area contributed by atoms with Gasteiger partial charge in [0.25, 0.3) is 0 Å². The van der Waals surface area contributed by atoms with Crippen LogP contribution in [-0.4, -0.2) is 25.2 Å². The van der Waals surface area contributed by atoms with Crippen LogP contribution in [0.5, 0.6) is 5.75 Å². The fourth-order valence-electron chi connectivity index (χ4n) is 2.96. The van der Waals surface area contributed by atoms with E-state index in [1.165, 1.54) is 17.6 Å². The molecule has 0 bridgehead atoms. The Morgan fingerprint density at radius 1 is 1.50 bits per heavy atom. The molecular formula is C14H17BrN2O. The van der Waals surface area contributed by atoms with Crippen LogP contribution in [-0.2, 0) is 0 Å². The summed E-state index contributed by atoms with van der Waals surface area (Å²) in [5, 5.41) is 3.48. The Kier molecular flexibility index (Phi) is 3.39. The summed E-state index contributed by atoms with van der Waals surface area (Å²) >= 11 is 3.39. The van der Waals surface area contributed by atoms with E-state index >= 15 is 0 Å². The molecule has 1 fully saturated rings. The molecule has 1 saturated heterocycles. The van der Waals surface area contributed by atoms with Crippen molar-refractivity contribution in [3.05, 3.63) is 28.5 Å². The largest absolute Gasteiger partial charge is 0.494 e. The summed E-state index contributed by atoms with van der Waals surface area (Å²) in [6, 6.07) is 2.08.